The minimum absolute atomic E-state index is 0.0746. The van der Waals surface area contributed by atoms with Gasteiger partial charge in [-0.3, -0.25) is 0 Å². The summed E-state index contributed by atoms with van der Waals surface area (Å²) < 4.78 is 1.28. The van der Waals surface area contributed by atoms with Crippen LogP contribution in [0.5, 0.6) is 0 Å². The Morgan fingerprint density at radius 2 is 1.85 bits per heavy atom. The van der Waals surface area contributed by atoms with Crippen molar-refractivity contribution >= 4 is 32.8 Å². The summed E-state index contributed by atoms with van der Waals surface area (Å²) >= 11 is 3.41. The second kappa shape index (κ2) is 4.95. The lowest BCUT2D eigenvalue weighted by atomic mass is 9.93. The third-order valence-electron chi connectivity index (χ3n) is 3.40. The van der Waals surface area contributed by atoms with Crippen LogP contribution in [0.3, 0.4) is 0 Å². The van der Waals surface area contributed by atoms with Crippen LogP contribution in [0.2, 0.25) is 0 Å². The maximum absolute atomic E-state index is 6.44. The largest absolute Gasteiger partial charge is 0.318 e. The molecule has 0 aliphatic carbocycles. The second-order valence-electron chi connectivity index (χ2n) is 5.99. The lowest BCUT2D eigenvalue weighted by molar-refractivity contribution is 0.569. The molecule has 3 rings (SSSR count). The molecule has 104 valence electrons. The van der Waals surface area contributed by atoms with E-state index in [1.54, 1.807) is 22.7 Å². The first kappa shape index (κ1) is 13.7. The summed E-state index contributed by atoms with van der Waals surface area (Å²) in [5.74, 6) is 0. The Kier molecular flexibility index (Phi) is 3.40. The van der Waals surface area contributed by atoms with Gasteiger partial charge in [-0.15, -0.1) is 22.7 Å². The van der Waals surface area contributed by atoms with Crippen molar-refractivity contribution in [1.82, 2.24) is 4.98 Å². The van der Waals surface area contributed by atoms with Crippen molar-refractivity contribution < 1.29 is 0 Å². The number of aromatic nitrogens is 1. The molecule has 0 spiro atoms. The fraction of sp³-hybridized carbons (Fsp3) is 0.312. The van der Waals surface area contributed by atoms with E-state index in [4.69, 9.17) is 10.7 Å². The lowest BCUT2D eigenvalue weighted by Crippen LogP contribution is -2.14. The van der Waals surface area contributed by atoms with E-state index < -0.39 is 0 Å². The Bertz CT molecular complexity index is 734. The molecule has 0 saturated heterocycles. The molecule has 0 fully saturated rings. The monoisotopic (exact) mass is 302 g/mol. The molecule has 0 aliphatic heterocycles. The summed E-state index contributed by atoms with van der Waals surface area (Å²) in [6, 6.07) is 8.27. The van der Waals surface area contributed by atoms with Gasteiger partial charge in [-0.25, -0.2) is 4.98 Å². The van der Waals surface area contributed by atoms with Crippen molar-refractivity contribution in [3.8, 4) is 0 Å². The second-order valence-corrected chi connectivity index (χ2v) is 7.79. The number of fused-ring (bicyclic) bond motifs is 1. The molecule has 1 aromatic carbocycles. The highest BCUT2D eigenvalue weighted by atomic mass is 32.1. The first-order valence-corrected chi connectivity index (χ1v) is 8.40. The quantitative estimate of drug-likeness (QED) is 0.745. The van der Waals surface area contributed by atoms with Crippen LogP contribution < -0.4 is 5.73 Å². The highest BCUT2D eigenvalue weighted by molar-refractivity contribution is 7.17. The fourth-order valence-electron chi connectivity index (χ4n) is 2.15. The van der Waals surface area contributed by atoms with E-state index in [-0.39, 0.29) is 11.5 Å². The molecule has 0 radical (unpaired) electrons. The zero-order chi connectivity index (χ0) is 14.3. The standard InChI is InChI=1S/C16H18N2S2/c1-16(2,3)13-9-20-15(18-13)14(17)11-8-19-12-7-5-4-6-10(11)12/h4-9,14H,17H2,1-3H3. The van der Waals surface area contributed by atoms with Gasteiger partial charge in [0.2, 0.25) is 0 Å². The molecule has 3 aromatic rings. The lowest BCUT2D eigenvalue weighted by Gasteiger charge is -2.14. The van der Waals surface area contributed by atoms with Crippen LogP contribution in [0.4, 0.5) is 0 Å². The molecular formula is C16H18N2S2. The Labute approximate surface area is 127 Å². The number of benzene rings is 1. The minimum Gasteiger partial charge on any atom is -0.318 e. The smallest absolute Gasteiger partial charge is 0.114 e. The highest BCUT2D eigenvalue weighted by Crippen LogP contribution is 2.34. The van der Waals surface area contributed by atoms with Crippen LogP contribution in [0.1, 0.15) is 43.1 Å². The maximum atomic E-state index is 6.44. The van der Waals surface area contributed by atoms with E-state index in [1.165, 1.54) is 15.6 Å². The summed E-state index contributed by atoms with van der Waals surface area (Å²) in [4.78, 5) is 4.74. The predicted octanol–water partition coefficient (Wildman–Crippen LogP) is 4.70. The van der Waals surface area contributed by atoms with Gasteiger partial charge >= 0.3 is 0 Å². The number of nitrogens with two attached hydrogens (primary N) is 1. The Hall–Kier alpha value is -1.23. The molecule has 2 aromatic heterocycles. The van der Waals surface area contributed by atoms with Crippen molar-refractivity contribution in [3.63, 3.8) is 0 Å². The van der Waals surface area contributed by atoms with Crippen molar-refractivity contribution in [3.05, 3.63) is 51.3 Å². The van der Waals surface area contributed by atoms with Gasteiger partial charge in [-0.1, -0.05) is 39.0 Å². The van der Waals surface area contributed by atoms with E-state index >= 15 is 0 Å². The molecule has 1 atom stereocenters. The summed E-state index contributed by atoms with van der Waals surface area (Å²) in [6.07, 6.45) is 0. The van der Waals surface area contributed by atoms with Crippen molar-refractivity contribution in [2.45, 2.75) is 32.2 Å². The van der Waals surface area contributed by atoms with E-state index in [0.717, 1.165) is 10.7 Å². The number of nitrogens with zero attached hydrogens (tertiary/aromatic N) is 1. The van der Waals surface area contributed by atoms with E-state index in [2.05, 4.69) is 55.8 Å². The number of hydrogen-bond donors (Lipinski definition) is 1. The molecule has 0 amide bonds. The van der Waals surface area contributed by atoms with Crippen LogP contribution in [0, 0.1) is 0 Å². The van der Waals surface area contributed by atoms with Crippen LogP contribution in [0.25, 0.3) is 10.1 Å². The summed E-state index contributed by atoms with van der Waals surface area (Å²) in [6.45, 7) is 6.53. The van der Waals surface area contributed by atoms with Crippen LogP contribution >= 0.6 is 22.7 Å². The van der Waals surface area contributed by atoms with Crippen LogP contribution in [-0.2, 0) is 5.41 Å². The molecule has 1 unspecified atom stereocenters. The molecule has 2 nitrogen and oxygen atoms in total. The van der Waals surface area contributed by atoms with E-state index in [1.807, 2.05) is 0 Å². The fourth-order valence-corrected chi connectivity index (χ4v) is 4.21. The Morgan fingerprint density at radius 1 is 1.10 bits per heavy atom. The molecule has 2 N–H and O–H groups in total. The third-order valence-corrected chi connectivity index (χ3v) is 5.31. The number of hydrogen-bond acceptors (Lipinski definition) is 4. The van der Waals surface area contributed by atoms with Gasteiger partial charge in [0.15, 0.2) is 0 Å². The van der Waals surface area contributed by atoms with Gasteiger partial charge in [0, 0.05) is 15.5 Å². The molecule has 4 heteroatoms. The Balaban J connectivity index is 2.00. The van der Waals surface area contributed by atoms with E-state index in [9.17, 15) is 0 Å². The first-order valence-electron chi connectivity index (χ1n) is 6.64. The summed E-state index contributed by atoms with van der Waals surface area (Å²) in [5.41, 5.74) is 8.81. The van der Waals surface area contributed by atoms with E-state index in [0.29, 0.717) is 0 Å². The molecule has 0 saturated carbocycles. The summed E-state index contributed by atoms with van der Waals surface area (Å²) in [7, 11) is 0. The average molecular weight is 302 g/mol. The Morgan fingerprint density at radius 3 is 2.55 bits per heavy atom. The van der Waals surface area contributed by atoms with Crippen molar-refractivity contribution in [1.29, 1.82) is 0 Å². The normalized spacial score (nSPS) is 13.8. The van der Waals surface area contributed by atoms with Crippen molar-refractivity contribution in [2.75, 3.05) is 0 Å². The van der Waals surface area contributed by atoms with Gasteiger partial charge in [0.25, 0.3) is 0 Å². The molecule has 0 bridgehead atoms. The minimum atomic E-state index is -0.132. The van der Waals surface area contributed by atoms with Crippen LogP contribution in [-0.4, -0.2) is 4.98 Å². The van der Waals surface area contributed by atoms with Crippen molar-refractivity contribution in [2.24, 2.45) is 5.73 Å². The zero-order valence-corrected chi connectivity index (χ0v) is 13.5. The van der Waals surface area contributed by atoms with Crippen LogP contribution in [0.15, 0.2) is 35.0 Å². The number of thiophene rings is 1. The number of rotatable bonds is 2. The SMILES string of the molecule is CC(C)(C)c1csc(C(N)c2csc3ccccc23)n1. The number of thiazole rings is 1. The maximum Gasteiger partial charge on any atom is 0.114 e. The van der Waals surface area contributed by atoms with Gasteiger partial charge < -0.3 is 5.73 Å². The predicted molar refractivity (Wildman–Crippen MR) is 88.7 cm³/mol. The third kappa shape index (κ3) is 2.39. The highest BCUT2D eigenvalue weighted by Gasteiger charge is 2.21. The molecule has 2 heterocycles. The molecule has 0 aliphatic rings. The zero-order valence-electron chi connectivity index (χ0n) is 11.9. The first-order chi connectivity index (χ1) is 9.47. The van der Waals surface area contributed by atoms with Gasteiger partial charge in [-0.05, 0) is 22.4 Å². The molecule has 20 heavy (non-hydrogen) atoms. The van der Waals surface area contributed by atoms with Gasteiger partial charge in [0.1, 0.15) is 5.01 Å². The topological polar surface area (TPSA) is 38.9 Å². The molecular weight excluding hydrogens is 284 g/mol. The van der Waals surface area contributed by atoms with Gasteiger partial charge in [-0.2, -0.15) is 0 Å². The summed E-state index contributed by atoms with van der Waals surface area (Å²) in [5, 5.41) is 6.54. The van der Waals surface area contributed by atoms with Gasteiger partial charge in [0.05, 0.1) is 11.7 Å². The average Bonchev–Trinajstić information content (AvgIpc) is 3.04.